The maximum Gasteiger partial charge on any atom is 0.261 e. The van der Waals surface area contributed by atoms with Crippen LogP contribution in [0.25, 0.3) is 0 Å². The molecule has 0 amide bonds. The van der Waals surface area contributed by atoms with E-state index >= 15 is 0 Å². The smallest absolute Gasteiger partial charge is 0.261 e. The Kier molecular flexibility index (Phi) is 10.2. The van der Waals surface area contributed by atoms with Crippen LogP contribution in [-0.2, 0) is 20.0 Å². The maximum atomic E-state index is 12.6. The van der Waals surface area contributed by atoms with E-state index < -0.39 is 20.0 Å². The normalized spacial score (nSPS) is 11.2. The Morgan fingerprint density at radius 1 is 0.553 bits per heavy atom. The Morgan fingerprint density at radius 2 is 1.00 bits per heavy atom. The van der Waals surface area contributed by atoms with Crippen LogP contribution in [0, 0.1) is 0 Å². The van der Waals surface area contributed by atoms with Gasteiger partial charge in [-0.05, 0) is 78.9 Å². The molecule has 0 bridgehead atoms. The highest BCUT2D eigenvalue weighted by Gasteiger charge is 2.18. The van der Waals surface area contributed by atoms with Gasteiger partial charge >= 0.3 is 0 Å². The second-order valence-corrected chi connectivity index (χ2v) is 12.6. The van der Waals surface area contributed by atoms with Crippen LogP contribution in [0.2, 0.25) is 20.1 Å². The third-order valence-corrected chi connectivity index (χ3v) is 8.33. The van der Waals surface area contributed by atoms with E-state index in [9.17, 15) is 16.8 Å². The van der Waals surface area contributed by atoms with Crippen molar-refractivity contribution in [3.8, 4) is 5.75 Å². The van der Waals surface area contributed by atoms with Crippen LogP contribution in [-0.4, -0.2) is 23.9 Å². The number of halogens is 4. The molecule has 38 heavy (non-hydrogen) atoms. The molecular formula is C25H20Cl4N2O5S2. The summed E-state index contributed by atoms with van der Waals surface area (Å²) in [6.07, 6.45) is 0. The molecule has 0 heterocycles. The lowest BCUT2D eigenvalue weighted by Gasteiger charge is -2.12. The van der Waals surface area contributed by atoms with Gasteiger partial charge in [0.25, 0.3) is 20.0 Å². The number of hydrogen-bond acceptors (Lipinski definition) is 5. The van der Waals surface area contributed by atoms with Crippen LogP contribution in [0.1, 0.15) is 0 Å². The molecule has 4 aromatic rings. The molecule has 0 aromatic heterocycles. The molecule has 0 saturated heterocycles. The van der Waals surface area contributed by atoms with Gasteiger partial charge in [-0.25, -0.2) is 16.8 Å². The molecule has 13 heteroatoms. The first-order valence-electron chi connectivity index (χ1n) is 10.5. The lowest BCUT2D eigenvalue weighted by molar-refractivity contribution is 0.414. The minimum Gasteiger partial charge on any atom is -0.497 e. The standard InChI is InChI=1S/C19H16Cl2N2O5S2.C6H4Cl2/c1-28-17-5-7-18(8-6-17)29(24,25)22-15-3-2-4-16(12-15)23-30(26,27)19-10-13(20)9-14(21)11-19;7-5-2-1-3-6(8)4-5/h2-12,22-23H,1H3;1-4H. The zero-order chi connectivity index (χ0) is 27.9. The zero-order valence-corrected chi connectivity index (χ0v) is 24.2. The van der Waals surface area contributed by atoms with E-state index in [0.29, 0.717) is 15.8 Å². The molecule has 0 aliphatic heterocycles. The lowest BCUT2D eigenvalue weighted by atomic mass is 10.3. The summed E-state index contributed by atoms with van der Waals surface area (Å²) in [6, 6.07) is 22.7. The highest BCUT2D eigenvalue weighted by atomic mass is 35.5. The third-order valence-electron chi connectivity index (χ3n) is 4.67. The van der Waals surface area contributed by atoms with E-state index in [0.717, 1.165) is 0 Å². The SMILES string of the molecule is COc1ccc(S(=O)(=O)Nc2cccc(NS(=O)(=O)c3cc(Cl)cc(Cl)c3)c2)cc1.Clc1cccc(Cl)c1. The van der Waals surface area contributed by atoms with E-state index in [1.807, 2.05) is 6.07 Å². The van der Waals surface area contributed by atoms with Crippen LogP contribution in [0.3, 0.4) is 0 Å². The highest BCUT2D eigenvalue weighted by Crippen LogP contribution is 2.26. The molecule has 0 fully saturated rings. The summed E-state index contributed by atoms with van der Waals surface area (Å²) in [6.45, 7) is 0. The number of rotatable bonds is 7. The maximum absolute atomic E-state index is 12.6. The minimum absolute atomic E-state index is 0.0304. The van der Waals surface area contributed by atoms with E-state index in [1.165, 1.54) is 73.8 Å². The Morgan fingerprint density at radius 3 is 1.45 bits per heavy atom. The first kappa shape index (κ1) is 29.9. The molecule has 4 aromatic carbocycles. The summed E-state index contributed by atoms with van der Waals surface area (Å²) in [5.41, 5.74) is 0.330. The molecule has 7 nitrogen and oxygen atoms in total. The van der Waals surface area contributed by atoms with Crippen LogP contribution < -0.4 is 14.2 Å². The second-order valence-electron chi connectivity index (χ2n) is 7.51. The molecule has 200 valence electrons. The first-order valence-corrected chi connectivity index (χ1v) is 15.0. The predicted octanol–water partition coefficient (Wildman–Crippen LogP) is 7.60. The van der Waals surface area contributed by atoms with Crippen LogP contribution >= 0.6 is 46.4 Å². The number of benzene rings is 4. The topological polar surface area (TPSA) is 102 Å². The molecule has 0 saturated carbocycles. The van der Waals surface area contributed by atoms with Crippen molar-refractivity contribution in [1.29, 1.82) is 0 Å². The van der Waals surface area contributed by atoms with Gasteiger partial charge < -0.3 is 4.74 Å². The number of methoxy groups -OCH3 is 1. The lowest BCUT2D eigenvalue weighted by Crippen LogP contribution is -2.15. The van der Waals surface area contributed by atoms with E-state index in [4.69, 9.17) is 51.1 Å². The molecule has 0 aliphatic carbocycles. The van der Waals surface area contributed by atoms with Gasteiger partial charge in [0.05, 0.1) is 28.3 Å². The summed E-state index contributed by atoms with van der Waals surface area (Å²) < 4.78 is 60.2. The average Bonchev–Trinajstić information content (AvgIpc) is 2.83. The number of nitrogens with one attached hydrogen (secondary N) is 2. The Balaban J connectivity index is 0.000000427. The molecule has 0 aliphatic rings. The number of hydrogen-bond donors (Lipinski definition) is 2. The predicted molar refractivity (Wildman–Crippen MR) is 154 cm³/mol. The minimum atomic E-state index is -3.99. The van der Waals surface area contributed by atoms with Crippen molar-refractivity contribution in [1.82, 2.24) is 0 Å². The zero-order valence-electron chi connectivity index (χ0n) is 19.5. The van der Waals surface area contributed by atoms with Crippen LogP contribution in [0.5, 0.6) is 5.75 Å². The molecular weight excluding hydrogens is 614 g/mol. The van der Waals surface area contributed by atoms with Gasteiger partial charge in [0.2, 0.25) is 0 Å². The molecule has 0 unspecified atom stereocenters. The van der Waals surface area contributed by atoms with Crippen molar-refractivity contribution in [3.63, 3.8) is 0 Å². The Bertz CT molecular complexity index is 1590. The highest BCUT2D eigenvalue weighted by molar-refractivity contribution is 7.93. The summed E-state index contributed by atoms with van der Waals surface area (Å²) in [5, 5.41) is 1.70. The van der Waals surface area contributed by atoms with Crippen LogP contribution in [0.4, 0.5) is 11.4 Å². The Hall–Kier alpha value is -2.66. The number of ether oxygens (including phenoxy) is 1. The molecule has 0 spiro atoms. The number of sulfonamides is 2. The summed E-state index contributed by atoms with van der Waals surface area (Å²) in [4.78, 5) is -0.0907. The Labute approximate surface area is 241 Å². The van der Waals surface area contributed by atoms with Crippen molar-refractivity contribution in [3.05, 3.63) is 111 Å². The van der Waals surface area contributed by atoms with E-state index in [2.05, 4.69) is 9.44 Å². The summed E-state index contributed by atoms with van der Waals surface area (Å²) in [7, 11) is -6.39. The fourth-order valence-electron chi connectivity index (χ4n) is 2.97. The van der Waals surface area contributed by atoms with Crippen molar-refractivity contribution in [2.45, 2.75) is 9.79 Å². The third kappa shape index (κ3) is 8.69. The van der Waals surface area contributed by atoms with Gasteiger partial charge in [-0.2, -0.15) is 0 Å². The van der Waals surface area contributed by atoms with Crippen molar-refractivity contribution >= 4 is 77.8 Å². The quantitative estimate of drug-likeness (QED) is 0.218. The summed E-state index contributed by atoms with van der Waals surface area (Å²) in [5.74, 6) is 0.520. The van der Waals surface area contributed by atoms with Gasteiger partial charge in [-0.3, -0.25) is 9.44 Å². The van der Waals surface area contributed by atoms with Crippen molar-refractivity contribution in [2.75, 3.05) is 16.6 Å². The van der Waals surface area contributed by atoms with E-state index in [-0.39, 0.29) is 31.2 Å². The van der Waals surface area contributed by atoms with Crippen LogP contribution in [0.15, 0.2) is 101 Å². The van der Waals surface area contributed by atoms with Gasteiger partial charge in [-0.15, -0.1) is 0 Å². The molecule has 4 rings (SSSR count). The van der Waals surface area contributed by atoms with Gasteiger partial charge in [0.1, 0.15) is 5.75 Å². The molecule has 0 atom stereocenters. The fraction of sp³-hybridized carbons (Fsp3) is 0.0400. The summed E-state index contributed by atoms with van der Waals surface area (Å²) >= 11 is 22.9. The first-order chi connectivity index (χ1) is 17.9. The largest absolute Gasteiger partial charge is 0.497 e. The van der Waals surface area contributed by atoms with Gasteiger partial charge in [-0.1, -0.05) is 58.5 Å². The number of anilines is 2. The van der Waals surface area contributed by atoms with Crippen molar-refractivity contribution in [2.24, 2.45) is 0 Å². The monoisotopic (exact) mass is 632 g/mol. The second kappa shape index (κ2) is 12.9. The van der Waals surface area contributed by atoms with Gasteiger partial charge in [0, 0.05) is 20.1 Å². The fourth-order valence-corrected chi connectivity index (χ4v) is 6.23. The van der Waals surface area contributed by atoms with E-state index in [1.54, 1.807) is 18.2 Å². The molecule has 2 N–H and O–H groups in total. The molecule has 0 radical (unpaired) electrons. The van der Waals surface area contributed by atoms with Crippen molar-refractivity contribution < 1.29 is 21.6 Å². The average molecular weight is 634 g/mol. The van der Waals surface area contributed by atoms with Gasteiger partial charge in [0.15, 0.2) is 0 Å².